The number of hydrogen-bond donors (Lipinski definition) is 1. The van der Waals surface area contributed by atoms with Crippen LogP contribution in [0.3, 0.4) is 0 Å². The van der Waals surface area contributed by atoms with Gasteiger partial charge in [0.25, 0.3) is 5.91 Å². The highest BCUT2D eigenvalue weighted by molar-refractivity contribution is 6.30. The van der Waals surface area contributed by atoms with Gasteiger partial charge in [0, 0.05) is 22.7 Å². The van der Waals surface area contributed by atoms with Gasteiger partial charge in [-0.1, -0.05) is 11.6 Å². The van der Waals surface area contributed by atoms with Crippen molar-refractivity contribution in [2.24, 2.45) is 0 Å². The summed E-state index contributed by atoms with van der Waals surface area (Å²) >= 11 is 5.88. The fourth-order valence-electron chi connectivity index (χ4n) is 2.91. The zero-order valence-electron chi connectivity index (χ0n) is 17.0. The second-order valence-electron chi connectivity index (χ2n) is 6.65. The number of hydrogen-bond acceptors (Lipinski definition) is 6. The molecule has 0 saturated carbocycles. The Hall–Kier alpha value is -3.59. The number of rotatable bonds is 9. The van der Waals surface area contributed by atoms with Crippen LogP contribution < -0.4 is 14.8 Å². The number of amides is 1. The molecule has 0 spiro atoms. The molecule has 1 heterocycles. The number of ether oxygens (including phenoxy) is 2. The first-order valence-corrected chi connectivity index (χ1v) is 9.77. The zero-order chi connectivity index (χ0) is 22.4. The van der Waals surface area contributed by atoms with E-state index in [0.29, 0.717) is 39.9 Å². The Morgan fingerprint density at radius 2 is 1.97 bits per heavy atom. The summed E-state index contributed by atoms with van der Waals surface area (Å²) < 4.78 is 12.6. The van der Waals surface area contributed by atoms with Crippen molar-refractivity contribution in [3.63, 3.8) is 0 Å². The second kappa shape index (κ2) is 9.94. The summed E-state index contributed by atoms with van der Waals surface area (Å²) in [4.78, 5) is 22.8. The summed E-state index contributed by atoms with van der Waals surface area (Å²) in [5, 5.41) is 18.1. The van der Waals surface area contributed by atoms with Crippen LogP contribution in [0.25, 0.3) is 0 Å². The van der Waals surface area contributed by atoms with Gasteiger partial charge in [-0.15, -0.1) is 0 Å². The molecular weight excluding hydrogens is 424 g/mol. The first-order valence-electron chi connectivity index (χ1n) is 9.39. The minimum absolute atomic E-state index is 0.210. The Morgan fingerprint density at radius 3 is 2.61 bits per heavy atom. The Bertz CT molecular complexity index is 1080. The molecule has 1 aromatic heterocycles. The average Bonchev–Trinajstić information content (AvgIpc) is 3.14. The molecule has 1 N–H and O–H groups in total. The molecule has 0 saturated heterocycles. The van der Waals surface area contributed by atoms with Crippen LogP contribution in [0.4, 0.5) is 5.82 Å². The van der Waals surface area contributed by atoms with Gasteiger partial charge >= 0.3 is 5.82 Å². The third kappa shape index (κ3) is 5.73. The van der Waals surface area contributed by atoms with Crippen LogP contribution in [-0.2, 0) is 13.2 Å². The van der Waals surface area contributed by atoms with Gasteiger partial charge in [0.05, 0.1) is 30.5 Å². The van der Waals surface area contributed by atoms with E-state index in [4.69, 9.17) is 21.1 Å². The van der Waals surface area contributed by atoms with Gasteiger partial charge in [-0.3, -0.25) is 4.79 Å². The summed E-state index contributed by atoms with van der Waals surface area (Å²) in [6.07, 6.45) is 0. The Kier molecular flexibility index (Phi) is 7.09. The molecule has 0 atom stereocenters. The summed E-state index contributed by atoms with van der Waals surface area (Å²) in [7, 11) is 1.55. The predicted molar refractivity (Wildman–Crippen MR) is 115 cm³/mol. The lowest BCUT2D eigenvalue weighted by Gasteiger charge is -2.12. The van der Waals surface area contributed by atoms with E-state index in [1.807, 2.05) is 0 Å². The molecule has 0 aliphatic rings. The fourth-order valence-corrected chi connectivity index (χ4v) is 3.04. The standard InChI is InChI=1S/C21H21ClN4O5/c1-14-11-20(26(28)29)24-25(14)10-9-23-21(27)15-3-8-19(30-2)16(12-15)13-31-18-6-4-17(22)5-7-18/h3-8,11-12H,9-10,13H2,1-2H3,(H,23,27). The predicted octanol–water partition coefficient (Wildman–Crippen LogP) is 3.77. The minimum atomic E-state index is -0.549. The average molecular weight is 445 g/mol. The summed E-state index contributed by atoms with van der Waals surface area (Å²) in [5.74, 6) is 0.744. The maximum atomic E-state index is 12.6. The normalized spacial score (nSPS) is 10.5. The topological polar surface area (TPSA) is 109 Å². The number of methoxy groups -OCH3 is 1. The molecular formula is C21H21ClN4O5. The van der Waals surface area contributed by atoms with Crippen molar-refractivity contribution in [3.05, 3.63) is 80.5 Å². The molecule has 10 heteroatoms. The maximum absolute atomic E-state index is 12.6. The number of nitrogens with one attached hydrogen (secondary N) is 1. The highest BCUT2D eigenvalue weighted by Crippen LogP contribution is 2.23. The van der Waals surface area contributed by atoms with E-state index >= 15 is 0 Å². The van der Waals surface area contributed by atoms with E-state index in [0.717, 1.165) is 0 Å². The van der Waals surface area contributed by atoms with Gasteiger partial charge in [-0.05, 0) is 54.3 Å². The quantitative estimate of drug-likeness (QED) is 0.397. The van der Waals surface area contributed by atoms with E-state index in [2.05, 4.69) is 10.4 Å². The second-order valence-corrected chi connectivity index (χ2v) is 7.09. The first kappa shape index (κ1) is 22.1. The van der Waals surface area contributed by atoms with Gasteiger partial charge in [0.1, 0.15) is 18.1 Å². The molecule has 9 nitrogen and oxygen atoms in total. The van der Waals surface area contributed by atoms with Crippen molar-refractivity contribution >= 4 is 23.3 Å². The number of nitro groups is 1. The number of carbonyl (C=O) groups is 1. The van der Waals surface area contributed by atoms with Crippen molar-refractivity contribution in [3.8, 4) is 11.5 Å². The minimum Gasteiger partial charge on any atom is -0.496 e. The number of aromatic nitrogens is 2. The molecule has 1 amide bonds. The van der Waals surface area contributed by atoms with Gasteiger partial charge in [-0.25, -0.2) is 0 Å². The van der Waals surface area contributed by atoms with Crippen molar-refractivity contribution in [2.75, 3.05) is 13.7 Å². The monoisotopic (exact) mass is 444 g/mol. The number of benzene rings is 2. The van der Waals surface area contributed by atoms with E-state index in [9.17, 15) is 14.9 Å². The molecule has 31 heavy (non-hydrogen) atoms. The lowest BCUT2D eigenvalue weighted by molar-refractivity contribution is -0.389. The third-order valence-electron chi connectivity index (χ3n) is 4.52. The number of aryl methyl sites for hydroxylation is 1. The van der Waals surface area contributed by atoms with E-state index in [1.54, 1.807) is 56.5 Å². The molecule has 2 aromatic carbocycles. The molecule has 162 valence electrons. The Labute approximate surface area is 183 Å². The lowest BCUT2D eigenvalue weighted by atomic mass is 10.1. The van der Waals surface area contributed by atoms with Crippen LogP contribution >= 0.6 is 11.6 Å². The molecule has 0 radical (unpaired) electrons. The van der Waals surface area contributed by atoms with E-state index in [-0.39, 0.29) is 24.9 Å². The maximum Gasteiger partial charge on any atom is 0.390 e. The summed E-state index contributed by atoms with van der Waals surface area (Å²) in [5.41, 5.74) is 1.80. The van der Waals surface area contributed by atoms with Crippen molar-refractivity contribution in [2.45, 2.75) is 20.1 Å². The molecule has 3 rings (SSSR count). The van der Waals surface area contributed by atoms with Crippen LogP contribution in [-0.4, -0.2) is 34.3 Å². The van der Waals surface area contributed by atoms with Gasteiger partial charge in [0.15, 0.2) is 0 Å². The van der Waals surface area contributed by atoms with E-state index in [1.165, 1.54) is 10.7 Å². The van der Waals surface area contributed by atoms with Gasteiger partial charge in [0.2, 0.25) is 0 Å². The molecule has 0 aliphatic carbocycles. The zero-order valence-corrected chi connectivity index (χ0v) is 17.8. The SMILES string of the molecule is COc1ccc(C(=O)NCCn2nc([N+](=O)[O-])cc2C)cc1COc1ccc(Cl)cc1. The van der Waals surface area contributed by atoms with Crippen LogP contribution in [0.15, 0.2) is 48.5 Å². The Morgan fingerprint density at radius 1 is 1.23 bits per heavy atom. The van der Waals surface area contributed by atoms with Crippen molar-refractivity contribution in [1.29, 1.82) is 0 Å². The molecule has 0 aliphatic heterocycles. The summed E-state index contributed by atoms with van der Waals surface area (Å²) in [6, 6.07) is 13.4. The van der Waals surface area contributed by atoms with Crippen LogP contribution in [0.1, 0.15) is 21.6 Å². The molecule has 0 unspecified atom stereocenters. The van der Waals surface area contributed by atoms with Crippen molar-refractivity contribution < 1.29 is 19.2 Å². The van der Waals surface area contributed by atoms with Crippen LogP contribution in [0.5, 0.6) is 11.5 Å². The molecule has 0 fully saturated rings. The molecule has 0 bridgehead atoms. The van der Waals surface area contributed by atoms with Crippen molar-refractivity contribution in [1.82, 2.24) is 15.1 Å². The van der Waals surface area contributed by atoms with Gasteiger partial charge < -0.3 is 24.9 Å². The largest absolute Gasteiger partial charge is 0.496 e. The van der Waals surface area contributed by atoms with Gasteiger partial charge in [-0.2, -0.15) is 4.68 Å². The van der Waals surface area contributed by atoms with E-state index < -0.39 is 4.92 Å². The fraction of sp³-hybridized carbons (Fsp3) is 0.238. The highest BCUT2D eigenvalue weighted by Gasteiger charge is 2.16. The lowest BCUT2D eigenvalue weighted by Crippen LogP contribution is -2.28. The van der Waals surface area contributed by atoms with Crippen LogP contribution in [0.2, 0.25) is 5.02 Å². The number of nitrogens with zero attached hydrogens (tertiary/aromatic N) is 3. The van der Waals surface area contributed by atoms with Crippen LogP contribution in [0, 0.1) is 17.0 Å². The molecule has 3 aromatic rings. The Balaban J connectivity index is 1.62. The number of halogens is 1. The third-order valence-corrected chi connectivity index (χ3v) is 4.77. The highest BCUT2D eigenvalue weighted by atomic mass is 35.5. The number of carbonyl (C=O) groups excluding carboxylic acids is 1. The first-order chi connectivity index (χ1) is 14.9. The smallest absolute Gasteiger partial charge is 0.390 e. The summed E-state index contributed by atoms with van der Waals surface area (Å²) in [6.45, 7) is 2.51.